The standard InChI is InChI=1S/C15H25F3N4O2/c16-15(17,18)12-19-13(23)10-20-6-8-21(9-7-20)11-14(24)22-4-2-1-3-5-22/h1-12H2,(H,19,23). The van der Waals surface area contributed by atoms with E-state index in [1.165, 1.54) is 6.42 Å². The molecule has 0 atom stereocenters. The molecule has 6 nitrogen and oxygen atoms in total. The summed E-state index contributed by atoms with van der Waals surface area (Å²) in [5.41, 5.74) is 0. The van der Waals surface area contributed by atoms with Crippen LogP contribution in [0.25, 0.3) is 0 Å². The Morgan fingerprint density at radius 1 is 0.833 bits per heavy atom. The highest BCUT2D eigenvalue weighted by atomic mass is 19.4. The van der Waals surface area contributed by atoms with Gasteiger partial charge in [-0.1, -0.05) is 0 Å². The summed E-state index contributed by atoms with van der Waals surface area (Å²) in [6.45, 7) is 3.16. The number of halogens is 3. The molecule has 0 aromatic rings. The summed E-state index contributed by atoms with van der Waals surface area (Å²) in [7, 11) is 0. The molecule has 0 radical (unpaired) electrons. The number of carbonyl (C=O) groups excluding carboxylic acids is 2. The van der Waals surface area contributed by atoms with Gasteiger partial charge < -0.3 is 10.2 Å². The first-order chi connectivity index (χ1) is 11.3. The molecule has 24 heavy (non-hydrogen) atoms. The van der Waals surface area contributed by atoms with Crippen molar-refractivity contribution in [1.29, 1.82) is 0 Å². The molecular weight excluding hydrogens is 325 g/mol. The topological polar surface area (TPSA) is 55.9 Å². The molecule has 2 rings (SSSR count). The van der Waals surface area contributed by atoms with Crippen LogP contribution >= 0.6 is 0 Å². The molecule has 0 bridgehead atoms. The van der Waals surface area contributed by atoms with E-state index in [9.17, 15) is 22.8 Å². The quantitative estimate of drug-likeness (QED) is 0.775. The van der Waals surface area contributed by atoms with Crippen LogP contribution in [0.15, 0.2) is 0 Å². The van der Waals surface area contributed by atoms with Gasteiger partial charge in [-0.15, -0.1) is 0 Å². The van der Waals surface area contributed by atoms with Crippen LogP contribution in [0.5, 0.6) is 0 Å². The molecule has 0 aromatic carbocycles. The lowest BCUT2D eigenvalue weighted by atomic mass is 10.1. The van der Waals surface area contributed by atoms with Crippen molar-refractivity contribution in [1.82, 2.24) is 20.0 Å². The zero-order valence-electron chi connectivity index (χ0n) is 13.8. The van der Waals surface area contributed by atoms with Crippen molar-refractivity contribution >= 4 is 11.8 Å². The van der Waals surface area contributed by atoms with E-state index in [2.05, 4.69) is 0 Å². The summed E-state index contributed by atoms with van der Waals surface area (Å²) in [5.74, 6) is -0.476. The Bertz CT molecular complexity index is 431. The van der Waals surface area contributed by atoms with Crippen LogP contribution in [-0.2, 0) is 9.59 Å². The molecule has 0 aromatic heterocycles. The molecule has 9 heteroatoms. The van der Waals surface area contributed by atoms with Gasteiger partial charge in [-0.05, 0) is 19.3 Å². The first kappa shape index (κ1) is 19.0. The molecule has 0 spiro atoms. The van der Waals surface area contributed by atoms with Crippen LogP contribution in [0.1, 0.15) is 19.3 Å². The maximum atomic E-state index is 12.2. The van der Waals surface area contributed by atoms with Crippen molar-refractivity contribution in [3.63, 3.8) is 0 Å². The lowest BCUT2D eigenvalue weighted by Gasteiger charge is -2.35. The molecule has 0 unspecified atom stereocenters. The second-order valence-electron chi connectivity index (χ2n) is 6.39. The van der Waals surface area contributed by atoms with Gasteiger partial charge in [0.05, 0.1) is 13.1 Å². The Morgan fingerprint density at radius 3 is 1.92 bits per heavy atom. The molecule has 2 saturated heterocycles. The minimum atomic E-state index is -4.39. The van der Waals surface area contributed by atoms with Crippen LogP contribution in [0.3, 0.4) is 0 Å². The van der Waals surface area contributed by atoms with Crippen molar-refractivity contribution < 1.29 is 22.8 Å². The molecule has 2 aliphatic heterocycles. The Morgan fingerprint density at radius 2 is 1.38 bits per heavy atom. The van der Waals surface area contributed by atoms with Gasteiger partial charge in [0.2, 0.25) is 11.8 Å². The fourth-order valence-corrected chi connectivity index (χ4v) is 3.00. The fraction of sp³-hybridized carbons (Fsp3) is 0.867. The number of hydrogen-bond donors (Lipinski definition) is 1. The predicted molar refractivity (Wildman–Crippen MR) is 82.4 cm³/mol. The Kier molecular flexibility index (Phi) is 6.85. The van der Waals surface area contributed by atoms with E-state index in [0.29, 0.717) is 32.7 Å². The summed E-state index contributed by atoms with van der Waals surface area (Å²) in [6.07, 6.45) is -1.08. The summed E-state index contributed by atoms with van der Waals surface area (Å²) in [6, 6.07) is 0. The average Bonchev–Trinajstić information content (AvgIpc) is 2.55. The van der Waals surface area contributed by atoms with Crippen LogP contribution in [-0.4, -0.2) is 91.6 Å². The second-order valence-corrected chi connectivity index (χ2v) is 6.39. The third-order valence-electron chi connectivity index (χ3n) is 4.39. The largest absolute Gasteiger partial charge is 0.405 e. The zero-order valence-corrected chi connectivity index (χ0v) is 13.8. The second kappa shape index (κ2) is 8.66. The summed E-state index contributed by atoms with van der Waals surface area (Å²) in [5, 5.41) is 1.88. The molecular formula is C15H25F3N4O2. The monoisotopic (exact) mass is 350 g/mol. The lowest BCUT2D eigenvalue weighted by molar-refractivity contribution is -0.139. The van der Waals surface area contributed by atoms with E-state index in [1.54, 1.807) is 0 Å². The number of carbonyl (C=O) groups is 2. The van der Waals surface area contributed by atoms with Crippen LogP contribution in [0, 0.1) is 0 Å². The normalized spacial score (nSPS) is 20.9. The number of nitrogens with zero attached hydrogens (tertiary/aromatic N) is 3. The molecule has 2 aliphatic rings. The smallest absolute Gasteiger partial charge is 0.346 e. The first-order valence-corrected chi connectivity index (χ1v) is 8.39. The SMILES string of the molecule is O=C(CN1CCN(CC(=O)N2CCCCC2)CC1)NCC(F)(F)F. The van der Waals surface area contributed by atoms with E-state index in [1.807, 2.05) is 20.0 Å². The number of rotatable bonds is 5. The minimum Gasteiger partial charge on any atom is -0.346 e. The number of alkyl halides is 3. The van der Waals surface area contributed by atoms with Gasteiger partial charge in [-0.2, -0.15) is 13.2 Å². The lowest BCUT2D eigenvalue weighted by Crippen LogP contribution is -2.52. The van der Waals surface area contributed by atoms with Crippen molar-refractivity contribution in [2.75, 3.05) is 58.9 Å². The van der Waals surface area contributed by atoms with Crippen LogP contribution in [0.4, 0.5) is 13.2 Å². The van der Waals surface area contributed by atoms with Crippen molar-refractivity contribution in [3.8, 4) is 0 Å². The number of piperidine rings is 1. The van der Waals surface area contributed by atoms with E-state index >= 15 is 0 Å². The van der Waals surface area contributed by atoms with E-state index in [-0.39, 0.29) is 12.5 Å². The van der Waals surface area contributed by atoms with Gasteiger partial charge in [0.1, 0.15) is 6.54 Å². The van der Waals surface area contributed by atoms with Gasteiger partial charge in [0.15, 0.2) is 0 Å². The minimum absolute atomic E-state index is 0.0377. The first-order valence-electron chi connectivity index (χ1n) is 8.39. The molecule has 138 valence electrons. The highest BCUT2D eigenvalue weighted by Crippen LogP contribution is 2.12. The van der Waals surface area contributed by atoms with Gasteiger partial charge in [-0.3, -0.25) is 19.4 Å². The highest BCUT2D eigenvalue weighted by molar-refractivity contribution is 5.78. The summed E-state index contributed by atoms with van der Waals surface area (Å²) < 4.78 is 36.1. The maximum Gasteiger partial charge on any atom is 0.405 e. The molecule has 0 saturated carbocycles. The van der Waals surface area contributed by atoms with E-state index < -0.39 is 18.6 Å². The molecule has 0 aliphatic carbocycles. The van der Waals surface area contributed by atoms with E-state index in [0.717, 1.165) is 25.9 Å². The average molecular weight is 350 g/mol. The molecule has 2 heterocycles. The summed E-state index contributed by atoms with van der Waals surface area (Å²) in [4.78, 5) is 29.5. The summed E-state index contributed by atoms with van der Waals surface area (Å²) >= 11 is 0. The van der Waals surface area contributed by atoms with Crippen molar-refractivity contribution in [3.05, 3.63) is 0 Å². The Labute approximate surface area is 139 Å². The van der Waals surface area contributed by atoms with Crippen molar-refractivity contribution in [2.45, 2.75) is 25.4 Å². The zero-order chi connectivity index (χ0) is 17.6. The third kappa shape index (κ3) is 6.64. The number of likely N-dealkylation sites (tertiary alicyclic amines) is 1. The van der Waals surface area contributed by atoms with Gasteiger partial charge >= 0.3 is 6.18 Å². The van der Waals surface area contributed by atoms with Crippen LogP contribution in [0.2, 0.25) is 0 Å². The van der Waals surface area contributed by atoms with Gasteiger partial charge in [-0.25, -0.2) is 0 Å². The number of hydrogen-bond acceptors (Lipinski definition) is 4. The Hall–Kier alpha value is -1.35. The third-order valence-corrected chi connectivity index (χ3v) is 4.39. The highest BCUT2D eigenvalue weighted by Gasteiger charge is 2.28. The number of amides is 2. The molecule has 2 amide bonds. The molecule has 1 N–H and O–H groups in total. The predicted octanol–water partition coefficient (Wildman–Crippen LogP) is 0.295. The van der Waals surface area contributed by atoms with Crippen LogP contribution < -0.4 is 5.32 Å². The number of piperazine rings is 1. The van der Waals surface area contributed by atoms with E-state index in [4.69, 9.17) is 0 Å². The van der Waals surface area contributed by atoms with Gasteiger partial charge in [0, 0.05) is 39.3 Å². The Balaban J connectivity index is 1.64. The number of nitrogens with one attached hydrogen (secondary N) is 1. The van der Waals surface area contributed by atoms with Crippen molar-refractivity contribution in [2.24, 2.45) is 0 Å². The molecule has 2 fully saturated rings. The van der Waals surface area contributed by atoms with Gasteiger partial charge in [0.25, 0.3) is 0 Å². The maximum absolute atomic E-state index is 12.2. The fourth-order valence-electron chi connectivity index (χ4n) is 3.00.